The molecule has 1 aromatic rings. The zero-order chi connectivity index (χ0) is 22.9. The predicted octanol–water partition coefficient (Wildman–Crippen LogP) is 2.73. The molecule has 1 saturated heterocycles. The number of unbranched alkanes of at least 4 members (excludes halogenated alkanes) is 2. The second-order valence-corrected chi connectivity index (χ2v) is 8.26. The molecule has 0 saturated carbocycles. The van der Waals surface area contributed by atoms with E-state index in [1.165, 1.54) is 0 Å². The van der Waals surface area contributed by atoms with Crippen molar-refractivity contribution >= 4 is 29.2 Å². The van der Waals surface area contributed by atoms with E-state index in [1.54, 1.807) is 16.8 Å². The number of carbonyl (C=O) groups excluding carboxylic acids is 3. The number of nitrogens with one attached hydrogen (secondary N) is 1. The Balaban J connectivity index is 1.61. The fraction of sp³-hybridized carbons (Fsp3) is 0.583. The lowest BCUT2D eigenvalue weighted by atomic mass is 9.95. The first-order valence-corrected chi connectivity index (χ1v) is 11.7. The van der Waals surface area contributed by atoms with E-state index in [0.29, 0.717) is 32.5 Å². The normalized spacial score (nSPS) is 18.9. The molecule has 8 heteroatoms. The van der Waals surface area contributed by atoms with E-state index in [9.17, 15) is 14.4 Å². The Hall–Kier alpha value is -2.90. The number of nitrogens with zero attached hydrogens (tertiary/aromatic N) is 3. The van der Waals surface area contributed by atoms with Crippen LogP contribution in [0.25, 0.3) is 0 Å². The number of likely N-dealkylation sites (tertiary alicyclic amines) is 1. The highest BCUT2D eigenvalue weighted by Crippen LogP contribution is 2.28. The van der Waals surface area contributed by atoms with Gasteiger partial charge in [-0.05, 0) is 38.3 Å². The number of piperidine rings is 1. The lowest BCUT2D eigenvalue weighted by molar-refractivity contribution is -0.136. The summed E-state index contributed by atoms with van der Waals surface area (Å²) in [6, 6.07) is 8.79. The Bertz CT molecular complexity index is 819. The molecule has 32 heavy (non-hydrogen) atoms. The van der Waals surface area contributed by atoms with Gasteiger partial charge in [-0.2, -0.15) is 5.10 Å². The Morgan fingerprint density at radius 3 is 2.47 bits per heavy atom. The first-order chi connectivity index (χ1) is 15.5. The molecule has 3 rings (SSSR count). The van der Waals surface area contributed by atoms with Crippen LogP contribution in [0.3, 0.4) is 0 Å². The van der Waals surface area contributed by atoms with Gasteiger partial charge < -0.3 is 15.0 Å². The summed E-state index contributed by atoms with van der Waals surface area (Å²) in [7, 11) is 0. The van der Waals surface area contributed by atoms with Crippen molar-refractivity contribution in [2.24, 2.45) is 11.0 Å². The summed E-state index contributed by atoms with van der Waals surface area (Å²) >= 11 is 0. The highest BCUT2D eigenvalue weighted by atomic mass is 16.5. The summed E-state index contributed by atoms with van der Waals surface area (Å²) in [5.74, 6) is -0.519. The van der Waals surface area contributed by atoms with Gasteiger partial charge in [-0.25, -0.2) is 4.79 Å². The van der Waals surface area contributed by atoms with Crippen LogP contribution in [0.2, 0.25) is 0 Å². The van der Waals surface area contributed by atoms with Gasteiger partial charge in [-0.3, -0.25) is 14.6 Å². The van der Waals surface area contributed by atoms with Gasteiger partial charge in [0.05, 0.1) is 12.3 Å². The van der Waals surface area contributed by atoms with Crippen LogP contribution in [-0.4, -0.2) is 60.7 Å². The topological polar surface area (TPSA) is 91.3 Å². The zero-order valence-corrected chi connectivity index (χ0v) is 19.1. The first kappa shape index (κ1) is 23.8. The van der Waals surface area contributed by atoms with Crippen LogP contribution in [0.15, 0.2) is 35.4 Å². The SMILES string of the molecule is CCCCCNC(=O)C1CCN(C(=O)C2CC(C(=O)OCC)=NN2c2ccccc2)CC1. The molecule has 0 aliphatic carbocycles. The van der Waals surface area contributed by atoms with Crippen molar-refractivity contribution < 1.29 is 19.1 Å². The largest absolute Gasteiger partial charge is 0.461 e. The van der Waals surface area contributed by atoms with E-state index >= 15 is 0 Å². The minimum atomic E-state index is -0.587. The lowest BCUT2D eigenvalue weighted by Gasteiger charge is -2.34. The fourth-order valence-electron chi connectivity index (χ4n) is 4.16. The molecule has 2 heterocycles. The molecule has 174 valence electrons. The maximum Gasteiger partial charge on any atom is 0.354 e. The monoisotopic (exact) mass is 442 g/mol. The molecule has 1 N–H and O–H groups in total. The van der Waals surface area contributed by atoms with E-state index in [0.717, 1.165) is 24.9 Å². The van der Waals surface area contributed by atoms with Gasteiger partial charge in [0.2, 0.25) is 11.8 Å². The van der Waals surface area contributed by atoms with Crippen LogP contribution in [0.1, 0.15) is 52.4 Å². The molecule has 2 aliphatic heterocycles. The highest BCUT2D eigenvalue weighted by molar-refractivity contribution is 6.38. The second kappa shape index (κ2) is 11.6. The quantitative estimate of drug-likeness (QED) is 0.469. The van der Waals surface area contributed by atoms with Crippen LogP contribution in [-0.2, 0) is 19.1 Å². The van der Waals surface area contributed by atoms with Crippen molar-refractivity contribution in [3.05, 3.63) is 30.3 Å². The Morgan fingerprint density at radius 2 is 1.81 bits per heavy atom. The maximum atomic E-state index is 13.4. The third kappa shape index (κ3) is 5.87. The molecule has 2 amide bonds. The van der Waals surface area contributed by atoms with Gasteiger partial charge in [0.1, 0.15) is 11.8 Å². The van der Waals surface area contributed by atoms with Gasteiger partial charge in [0.15, 0.2) is 0 Å². The number of amides is 2. The lowest BCUT2D eigenvalue weighted by Crippen LogP contribution is -2.49. The van der Waals surface area contributed by atoms with Crippen molar-refractivity contribution in [3.63, 3.8) is 0 Å². The molecule has 0 spiro atoms. The van der Waals surface area contributed by atoms with Gasteiger partial charge in [0, 0.05) is 32.0 Å². The van der Waals surface area contributed by atoms with Crippen LogP contribution in [0.5, 0.6) is 0 Å². The van der Waals surface area contributed by atoms with E-state index in [-0.39, 0.29) is 36.5 Å². The van der Waals surface area contributed by atoms with Crippen LogP contribution < -0.4 is 10.3 Å². The van der Waals surface area contributed by atoms with Gasteiger partial charge in [-0.15, -0.1) is 0 Å². The molecular weight excluding hydrogens is 408 g/mol. The molecule has 0 radical (unpaired) electrons. The minimum Gasteiger partial charge on any atom is -0.461 e. The number of anilines is 1. The number of hydrogen-bond acceptors (Lipinski definition) is 6. The number of hydrogen-bond donors (Lipinski definition) is 1. The smallest absolute Gasteiger partial charge is 0.354 e. The summed E-state index contributed by atoms with van der Waals surface area (Å²) in [5.41, 5.74) is 1.02. The summed E-state index contributed by atoms with van der Waals surface area (Å²) in [6.45, 7) is 5.91. The van der Waals surface area contributed by atoms with Crippen LogP contribution in [0.4, 0.5) is 5.69 Å². The highest BCUT2D eigenvalue weighted by Gasteiger charge is 2.40. The van der Waals surface area contributed by atoms with Crippen LogP contribution in [0, 0.1) is 5.92 Å². The van der Waals surface area contributed by atoms with Crippen molar-refractivity contribution in [2.75, 3.05) is 31.3 Å². The molecule has 0 bridgehead atoms. The fourth-order valence-corrected chi connectivity index (χ4v) is 4.16. The minimum absolute atomic E-state index is 0.0548. The molecule has 2 aliphatic rings. The number of carbonyl (C=O) groups is 3. The summed E-state index contributed by atoms with van der Waals surface area (Å²) in [4.78, 5) is 39.9. The average Bonchev–Trinajstić information content (AvgIpc) is 3.28. The van der Waals surface area contributed by atoms with Gasteiger partial charge >= 0.3 is 5.97 Å². The Labute approximate surface area is 190 Å². The van der Waals surface area contributed by atoms with Crippen molar-refractivity contribution in [2.45, 2.75) is 58.4 Å². The number of ether oxygens (including phenoxy) is 1. The third-order valence-corrected chi connectivity index (χ3v) is 5.98. The standard InChI is InChI=1S/C24H34N4O4/c1-3-5-9-14-25-22(29)18-12-15-27(16-13-18)23(30)21-17-20(24(31)32-4-2)26-28(21)19-10-7-6-8-11-19/h6-8,10-11,18,21H,3-5,9,12-17H2,1-2H3,(H,25,29). The van der Waals surface area contributed by atoms with E-state index in [4.69, 9.17) is 4.74 Å². The molecular formula is C24H34N4O4. The number of esters is 1. The van der Waals surface area contributed by atoms with E-state index in [2.05, 4.69) is 17.3 Å². The Kier molecular flexibility index (Phi) is 8.64. The second-order valence-electron chi connectivity index (χ2n) is 8.26. The molecule has 1 unspecified atom stereocenters. The molecule has 8 nitrogen and oxygen atoms in total. The molecule has 1 fully saturated rings. The molecule has 1 aromatic carbocycles. The first-order valence-electron chi connectivity index (χ1n) is 11.7. The van der Waals surface area contributed by atoms with E-state index in [1.807, 2.05) is 30.3 Å². The summed E-state index contributed by atoms with van der Waals surface area (Å²) in [5, 5.41) is 9.08. The van der Waals surface area contributed by atoms with Crippen molar-refractivity contribution in [1.29, 1.82) is 0 Å². The average molecular weight is 443 g/mol. The van der Waals surface area contributed by atoms with Gasteiger partial charge in [-0.1, -0.05) is 38.0 Å². The zero-order valence-electron chi connectivity index (χ0n) is 19.1. The number of hydrazone groups is 1. The van der Waals surface area contributed by atoms with E-state index < -0.39 is 12.0 Å². The van der Waals surface area contributed by atoms with Crippen molar-refractivity contribution in [3.8, 4) is 0 Å². The predicted molar refractivity (Wildman–Crippen MR) is 123 cm³/mol. The maximum absolute atomic E-state index is 13.4. The van der Waals surface area contributed by atoms with Crippen LogP contribution >= 0.6 is 0 Å². The summed E-state index contributed by atoms with van der Waals surface area (Å²) < 4.78 is 5.11. The molecule has 1 atom stereocenters. The summed E-state index contributed by atoms with van der Waals surface area (Å²) in [6.07, 6.45) is 4.75. The number of benzene rings is 1. The molecule has 0 aromatic heterocycles. The number of para-hydroxylation sites is 1. The number of rotatable bonds is 9. The Morgan fingerprint density at radius 1 is 1.09 bits per heavy atom. The third-order valence-electron chi connectivity index (χ3n) is 5.98. The van der Waals surface area contributed by atoms with Crippen molar-refractivity contribution in [1.82, 2.24) is 10.2 Å². The van der Waals surface area contributed by atoms with Gasteiger partial charge in [0.25, 0.3) is 0 Å².